The fourth-order valence-corrected chi connectivity index (χ4v) is 4.36. The SMILES string of the molecule is CCOC(=O)[C@@H](CCCc1ccc(Sc2cccc(C(F)(F)F)c2)cc1Cl)NC(=O)OC(C)(C)C. The van der Waals surface area contributed by atoms with Crippen molar-refractivity contribution in [3.63, 3.8) is 0 Å². The quantitative estimate of drug-likeness (QED) is 0.344. The first-order valence-corrected chi connectivity index (χ1v) is 12.3. The molecule has 0 bridgehead atoms. The normalized spacial score (nSPS) is 12.7. The van der Waals surface area contributed by atoms with Gasteiger partial charge in [-0.2, -0.15) is 13.2 Å². The van der Waals surface area contributed by atoms with Gasteiger partial charge >= 0.3 is 18.2 Å². The molecule has 0 unspecified atom stereocenters. The molecule has 0 heterocycles. The van der Waals surface area contributed by atoms with Crippen molar-refractivity contribution < 1.29 is 32.2 Å². The Balaban J connectivity index is 2.00. The third kappa shape index (κ3) is 10.0. The first-order valence-electron chi connectivity index (χ1n) is 11.1. The summed E-state index contributed by atoms with van der Waals surface area (Å²) < 4.78 is 49.1. The average molecular weight is 532 g/mol. The zero-order chi connectivity index (χ0) is 26.2. The van der Waals surface area contributed by atoms with Gasteiger partial charge in [-0.15, -0.1) is 0 Å². The summed E-state index contributed by atoms with van der Waals surface area (Å²) in [7, 11) is 0. The Morgan fingerprint density at radius 2 is 1.77 bits per heavy atom. The van der Waals surface area contributed by atoms with Gasteiger partial charge < -0.3 is 14.8 Å². The molecule has 1 amide bonds. The van der Waals surface area contributed by atoms with Crippen molar-refractivity contribution in [2.24, 2.45) is 0 Å². The van der Waals surface area contributed by atoms with Crippen LogP contribution >= 0.6 is 23.4 Å². The molecule has 35 heavy (non-hydrogen) atoms. The van der Waals surface area contributed by atoms with Gasteiger partial charge in [0, 0.05) is 14.8 Å². The van der Waals surface area contributed by atoms with Crippen molar-refractivity contribution in [1.29, 1.82) is 0 Å². The second-order valence-corrected chi connectivity index (χ2v) is 10.3. The molecule has 0 aliphatic heterocycles. The van der Waals surface area contributed by atoms with E-state index in [9.17, 15) is 22.8 Å². The van der Waals surface area contributed by atoms with E-state index >= 15 is 0 Å². The third-order valence-electron chi connectivity index (χ3n) is 4.62. The Hall–Kier alpha value is -2.39. The molecule has 1 atom stereocenters. The second-order valence-electron chi connectivity index (χ2n) is 8.72. The fraction of sp³-hybridized carbons (Fsp3) is 0.440. The van der Waals surface area contributed by atoms with Crippen molar-refractivity contribution in [1.82, 2.24) is 5.32 Å². The highest BCUT2D eigenvalue weighted by molar-refractivity contribution is 7.99. The minimum absolute atomic E-state index is 0.183. The van der Waals surface area contributed by atoms with Crippen molar-refractivity contribution in [3.05, 3.63) is 58.6 Å². The van der Waals surface area contributed by atoms with Crippen LogP contribution in [0.5, 0.6) is 0 Å². The number of amides is 1. The minimum Gasteiger partial charge on any atom is -0.464 e. The van der Waals surface area contributed by atoms with Crippen molar-refractivity contribution in [2.75, 3.05) is 6.61 Å². The molecule has 0 fully saturated rings. The first-order chi connectivity index (χ1) is 16.3. The lowest BCUT2D eigenvalue weighted by molar-refractivity contribution is -0.145. The van der Waals surface area contributed by atoms with E-state index < -0.39 is 35.4 Å². The smallest absolute Gasteiger partial charge is 0.416 e. The van der Waals surface area contributed by atoms with E-state index in [0.717, 1.165) is 17.7 Å². The lowest BCUT2D eigenvalue weighted by Gasteiger charge is -2.23. The van der Waals surface area contributed by atoms with Crippen LogP contribution in [0.25, 0.3) is 0 Å². The molecular formula is C25H29ClF3NO4S. The number of hydrogen-bond acceptors (Lipinski definition) is 5. The van der Waals surface area contributed by atoms with Gasteiger partial charge in [0.25, 0.3) is 0 Å². The maximum absolute atomic E-state index is 12.9. The van der Waals surface area contributed by atoms with E-state index in [2.05, 4.69) is 5.32 Å². The van der Waals surface area contributed by atoms with Crippen LogP contribution < -0.4 is 5.32 Å². The predicted octanol–water partition coefficient (Wildman–Crippen LogP) is 7.29. The molecule has 192 valence electrons. The molecule has 0 aliphatic carbocycles. The molecule has 0 aliphatic rings. The molecule has 2 aromatic carbocycles. The number of halogens is 4. The Morgan fingerprint density at radius 3 is 2.37 bits per heavy atom. The van der Waals surface area contributed by atoms with Gasteiger partial charge in [0.15, 0.2) is 0 Å². The van der Waals surface area contributed by atoms with Crippen LogP contribution in [0.15, 0.2) is 52.3 Å². The minimum atomic E-state index is -4.40. The standard InChI is InChI=1S/C25H29ClF3NO4S/c1-5-33-22(31)21(30-23(32)34-24(2,3)4)11-6-8-16-12-13-19(15-20(16)26)35-18-10-7-9-17(14-18)25(27,28)29/h7,9-10,12-15,21H,5-6,8,11H2,1-4H3,(H,30,32)/t21-/m1/s1. The summed E-state index contributed by atoms with van der Waals surface area (Å²) in [4.78, 5) is 25.5. The van der Waals surface area contributed by atoms with Crippen LogP contribution in [-0.4, -0.2) is 30.3 Å². The first kappa shape index (κ1) is 28.8. The van der Waals surface area contributed by atoms with Crippen LogP contribution in [0.3, 0.4) is 0 Å². The van der Waals surface area contributed by atoms with Crippen LogP contribution in [0.2, 0.25) is 5.02 Å². The number of carbonyl (C=O) groups is 2. The molecule has 10 heteroatoms. The maximum Gasteiger partial charge on any atom is 0.416 e. The number of hydrogen-bond donors (Lipinski definition) is 1. The van der Waals surface area contributed by atoms with E-state index in [-0.39, 0.29) is 6.61 Å². The zero-order valence-electron chi connectivity index (χ0n) is 20.0. The molecule has 1 N–H and O–H groups in total. The van der Waals surface area contributed by atoms with E-state index in [1.54, 1.807) is 52.0 Å². The number of ether oxygens (including phenoxy) is 2. The second kappa shape index (κ2) is 12.5. The average Bonchev–Trinajstić information content (AvgIpc) is 2.73. The molecule has 0 radical (unpaired) electrons. The number of alkyl halides is 3. The molecule has 0 saturated heterocycles. The largest absolute Gasteiger partial charge is 0.464 e. The van der Waals surface area contributed by atoms with Gasteiger partial charge in [0.1, 0.15) is 11.6 Å². The van der Waals surface area contributed by atoms with Crippen molar-refractivity contribution >= 4 is 35.4 Å². The van der Waals surface area contributed by atoms with E-state index in [1.807, 2.05) is 0 Å². The highest BCUT2D eigenvalue weighted by atomic mass is 35.5. The monoisotopic (exact) mass is 531 g/mol. The van der Waals surface area contributed by atoms with Gasteiger partial charge in [-0.05, 0) is 82.9 Å². The van der Waals surface area contributed by atoms with E-state index in [1.165, 1.54) is 17.8 Å². The van der Waals surface area contributed by atoms with Crippen LogP contribution in [0.1, 0.15) is 51.7 Å². The molecule has 0 spiro atoms. The molecule has 2 rings (SSSR count). The highest BCUT2D eigenvalue weighted by Crippen LogP contribution is 2.35. The number of esters is 1. The Kier molecular flexibility index (Phi) is 10.3. The predicted molar refractivity (Wildman–Crippen MR) is 130 cm³/mol. The van der Waals surface area contributed by atoms with Crippen LogP contribution in [0, 0.1) is 0 Å². The maximum atomic E-state index is 12.9. The summed E-state index contributed by atoms with van der Waals surface area (Å²) in [5.74, 6) is -0.544. The molecule has 0 aromatic heterocycles. The summed E-state index contributed by atoms with van der Waals surface area (Å²) in [6.45, 7) is 7.04. The van der Waals surface area contributed by atoms with E-state index in [4.69, 9.17) is 21.1 Å². The number of rotatable bonds is 9. The van der Waals surface area contributed by atoms with Gasteiger partial charge in [0.2, 0.25) is 0 Å². The molecule has 5 nitrogen and oxygen atoms in total. The van der Waals surface area contributed by atoms with Gasteiger partial charge in [0.05, 0.1) is 12.2 Å². The lowest BCUT2D eigenvalue weighted by atomic mass is 10.0. The number of alkyl carbamates (subject to hydrolysis) is 1. The summed E-state index contributed by atoms with van der Waals surface area (Å²) in [6.07, 6.45) is -3.74. The number of carbonyl (C=O) groups excluding carboxylic acids is 2. The van der Waals surface area contributed by atoms with Gasteiger partial charge in [-0.25, -0.2) is 9.59 Å². The molecule has 2 aromatic rings. The lowest BCUT2D eigenvalue weighted by Crippen LogP contribution is -2.44. The topological polar surface area (TPSA) is 64.6 Å². The Morgan fingerprint density at radius 1 is 1.09 bits per heavy atom. The third-order valence-corrected chi connectivity index (χ3v) is 5.95. The highest BCUT2D eigenvalue weighted by Gasteiger charge is 2.30. The van der Waals surface area contributed by atoms with Gasteiger partial charge in [-0.3, -0.25) is 0 Å². The molecular weight excluding hydrogens is 503 g/mol. The van der Waals surface area contributed by atoms with Crippen molar-refractivity contribution in [2.45, 2.75) is 74.6 Å². The number of nitrogens with one attached hydrogen (secondary N) is 1. The van der Waals surface area contributed by atoms with Crippen LogP contribution in [0.4, 0.5) is 18.0 Å². The van der Waals surface area contributed by atoms with Gasteiger partial charge in [-0.1, -0.05) is 35.5 Å². The molecule has 0 saturated carbocycles. The van der Waals surface area contributed by atoms with Crippen molar-refractivity contribution in [3.8, 4) is 0 Å². The summed E-state index contributed by atoms with van der Waals surface area (Å²) in [5, 5.41) is 3.03. The zero-order valence-corrected chi connectivity index (χ0v) is 21.6. The fourth-order valence-electron chi connectivity index (χ4n) is 3.10. The van der Waals surface area contributed by atoms with Crippen LogP contribution in [-0.2, 0) is 26.9 Å². The van der Waals surface area contributed by atoms with E-state index in [0.29, 0.717) is 34.1 Å². The number of benzene rings is 2. The number of aryl methyl sites for hydroxylation is 1. The summed E-state index contributed by atoms with van der Waals surface area (Å²) >= 11 is 7.59. The Bertz CT molecular complexity index is 1020. The summed E-state index contributed by atoms with van der Waals surface area (Å²) in [5.41, 5.74) is -0.591. The Labute approximate surface area is 212 Å². The summed E-state index contributed by atoms with van der Waals surface area (Å²) in [6, 6.07) is 9.53.